The Bertz CT molecular complexity index is 248. The van der Waals surface area contributed by atoms with E-state index in [9.17, 15) is 4.79 Å². The zero-order chi connectivity index (χ0) is 12.1. The summed E-state index contributed by atoms with van der Waals surface area (Å²) in [6.45, 7) is 0.426. The van der Waals surface area contributed by atoms with Crippen LogP contribution in [0.15, 0.2) is 0 Å². The van der Waals surface area contributed by atoms with Crippen LogP contribution in [0.4, 0.5) is 0 Å². The second-order valence-corrected chi connectivity index (χ2v) is 5.69. The molecule has 1 aliphatic carbocycles. The third kappa shape index (κ3) is 3.70. The smallest absolute Gasteiger partial charge is 0.338 e. The van der Waals surface area contributed by atoms with Gasteiger partial charge in [-0.1, -0.05) is 51.4 Å². The van der Waals surface area contributed by atoms with Crippen LogP contribution in [0.3, 0.4) is 0 Å². The van der Waals surface area contributed by atoms with Gasteiger partial charge < -0.3 is 9.84 Å². The third-order valence-corrected chi connectivity index (χ3v) is 4.31. The molecule has 98 valence electrons. The number of hydrogen-bond donors (Lipinski definition) is 1. The van der Waals surface area contributed by atoms with Crippen molar-refractivity contribution in [3.05, 3.63) is 0 Å². The minimum absolute atomic E-state index is 0.426. The number of carboxylic acid groups (broad SMARTS) is 1. The van der Waals surface area contributed by atoms with Crippen molar-refractivity contribution in [1.82, 2.24) is 0 Å². The van der Waals surface area contributed by atoms with Crippen LogP contribution >= 0.6 is 0 Å². The van der Waals surface area contributed by atoms with Crippen LogP contribution in [0.1, 0.15) is 64.2 Å². The van der Waals surface area contributed by atoms with Gasteiger partial charge in [0.05, 0.1) is 6.61 Å². The summed E-state index contributed by atoms with van der Waals surface area (Å²) in [6, 6.07) is 0. The fourth-order valence-corrected chi connectivity index (χ4v) is 2.91. The zero-order valence-corrected chi connectivity index (χ0v) is 10.6. The molecule has 0 aromatic heterocycles. The van der Waals surface area contributed by atoms with E-state index in [-0.39, 0.29) is 0 Å². The summed E-state index contributed by atoms with van der Waals surface area (Å²) >= 11 is 0. The van der Waals surface area contributed by atoms with Gasteiger partial charge >= 0.3 is 5.97 Å². The molecule has 2 fully saturated rings. The molecule has 2 rings (SSSR count). The van der Waals surface area contributed by atoms with Gasteiger partial charge in [0.15, 0.2) is 5.60 Å². The number of carboxylic acids is 1. The maximum Gasteiger partial charge on any atom is 0.338 e. The quantitative estimate of drug-likeness (QED) is 0.766. The Hall–Kier alpha value is -0.570. The molecule has 17 heavy (non-hydrogen) atoms. The topological polar surface area (TPSA) is 49.8 Å². The minimum Gasteiger partial charge on any atom is -0.479 e. The molecule has 0 spiro atoms. The Kier molecular flexibility index (Phi) is 4.43. The van der Waals surface area contributed by atoms with Crippen molar-refractivity contribution < 1.29 is 14.6 Å². The molecule has 0 aromatic carbocycles. The molecular formula is C14H24O3. The average Bonchev–Trinajstić information content (AvgIpc) is 3.06. The Morgan fingerprint density at radius 1 is 1.12 bits per heavy atom. The highest BCUT2D eigenvalue weighted by atomic mass is 16.6. The summed E-state index contributed by atoms with van der Waals surface area (Å²) in [7, 11) is 0. The highest BCUT2D eigenvalue weighted by Gasteiger charge is 2.52. The summed E-state index contributed by atoms with van der Waals surface area (Å²) in [4.78, 5) is 11.0. The van der Waals surface area contributed by atoms with Gasteiger partial charge in [0, 0.05) is 0 Å². The van der Waals surface area contributed by atoms with Gasteiger partial charge in [0.25, 0.3) is 0 Å². The van der Waals surface area contributed by atoms with E-state index in [2.05, 4.69) is 0 Å². The van der Waals surface area contributed by atoms with E-state index < -0.39 is 11.6 Å². The number of hydrogen-bond acceptors (Lipinski definition) is 2. The van der Waals surface area contributed by atoms with E-state index in [0.29, 0.717) is 13.0 Å². The van der Waals surface area contributed by atoms with Crippen LogP contribution in [0.5, 0.6) is 0 Å². The molecule has 1 atom stereocenters. The molecule has 3 heteroatoms. The SMILES string of the molecule is O=C(O)C1(CCC2CCCCCCCC2)CO1. The Morgan fingerprint density at radius 3 is 2.12 bits per heavy atom. The number of epoxide rings is 1. The van der Waals surface area contributed by atoms with Gasteiger partial charge in [0.1, 0.15) is 0 Å². The molecular weight excluding hydrogens is 216 g/mol. The first-order chi connectivity index (χ1) is 8.23. The Labute approximate surface area is 104 Å². The standard InChI is InChI=1S/C14H24O3/c15-13(16)14(11-17-14)10-9-12-7-5-3-1-2-4-6-8-12/h12H,1-11H2,(H,15,16). The lowest BCUT2D eigenvalue weighted by molar-refractivity contribution is -0.143. The van der Waals surface area contributed by atoms with Gasteiger partial charge in [-0.3, -0.25) is 0 Å². The van der Waals surface area contributed by atoms with Crippen molar-refractivity contribution in [2.75, 3.05) is 6.61 Å². The molecule has 1 N–H and O–H groups in total. The van der Waals surface area contributed by atoms with Gasteiger partial charge in [-0.25, -0.2) is 4.79 Å². The Morgan fingerprint density at radius 2 is 1.65 bits per heavy atom. The summed E-state index contributed by atoms with van der Waals surface area (Å²) in [5.74, 6) is -0.0332. The fourth-order valence-electron chi connectivity index (χ4n) is 2.91. The molecule has 1 unspecified atom stereocenters. The van der Waals surface area contributed by atoms with Crippen molar-refractivity contribution in [3.63, 3.8) is 0 Å². The predicted octanol–water partition coefficient (Wildman–Crippen LogP) is 3.37. The Balaban J connectivity index is 1.74. The van der Waals surface area contributed by atoms with E-state index in [0.717, 1.165) is 12.3 Å². The average molecular weight is 240 g/mol. The van der Waals surface area contributed by atoms with Crippen molar-refractivity contribution in [2.45, 2.75) is 69.8 Å². The summed E-state index contributed by atoms with van der Waals surface area (Å²) < 4.78 is 5.13. The van der Waals surface area contributed by atoms with Crippen LogP contribution in [-0.4, -0.2) is 23.3 Å². The molecule has 3 nitrogen and oxygen atoms in total. The highest BCUT2D eigenvalue weighted by Crippen LogP contribution is 2.36. The number of aliphatic carboxylic acids is 1. The van der Waals surface area contributed by atoms with Crippen LogP contribution in [0.25, 0.3) is 0 Å². The molecule has 0 amide bonds. The van der Waals surface area contributed by atoms with Gasteiger partial charge in [-0.15, -0.1) is 0 Å². The molecule has 1 heterocycles. The normalized spacial score (nSPS) is 31.3. The van der Waals surface area contributed by atoms with Gasteiger partial charge in [-0.2, -0.15) is 0 Å². The summed E-state index contributed by atoms with van der Waals surface area (Å²) in [6.07, 6.45) is 12.5. The first-order valence-electron chi connectivity index (χ1n) is 7.10. The zero-order valence-electron chi connectivity index (χ0n) is 10.6. The van der Waals surface area contributed by atoms with Gasteiger partial charge in [0.2, 0.25) is 0 Å². The van der Waals surface area contributed by atoms with Crippen molar-refractivity contribution >= 4 is 5.97 Å². The van der Waals surface area contributed by atoms with Crippen LogP contribution < -0.4 is 0 Å². The lowest BCUT2D eigenvalue weighted by Crippen LogP contribution is -2.24. The number of ether oxygens (including phenoxy) is 1. The molecule has 0 aromatic rings. The lowest BCUT2D eigenvalue weighted by atomic mass is 9.89. The van der Waals surface area contributed by atoms with E-state index >= 15 is 0 Å². The highest BCUT2D eigenvalue weighted by molar-refractivity contribution is 5.80. The molecule has 0 radical (unpaired) electrons. The fraction of sp³-hybridized carbons (Fsp3) is 0.929. The van der Waals surface area contributed by atoms with Crippen molar-refractivity contribution in [1.29, 1.82) is 0 Å². The van der Waals surface area contributed by atoms with Crippen LogP contribution in [0, 0.1) is 5.92 Å². The second-order valence-electron chi connectivity index (χ2n) is 5.69. The molecule has 1 saturated carbocycles. The molecule has 2 aliphatic rings. The van der Waals surface area contributed by atoms with E-state index in [1.807, 2.05) is 0 Å². The van der Waals surface area contributed by atoms with E-state index in [4.69, 9.17) is 9.84 Å². The van der Waals surface area contributed by atoms with E-state index in [1.54, 1.807) is 0 Å². The van der Waals surface area contributed by atoms with Crippen LogP contribution in [-0.2, 0) is 9.53 Å². The molecule has 1 saturated heterocycles. The molecule has 1 aliphatic heterocycles. The van der Waals surface area contributed by atoms with Gasteiger partial charge in [-0.05, 0) is 18.8 Å². The minimum atomic E-state index is -0.793. The summed E-state index contributed by atoms with van der Waals surface area (Å²) in [5, 5.41) is 9.05. The molecule has 0 bridgehead atoms. The first kappa shape index (κ1) is 12.9. The summed E-state index contributed by atoms with van der Waals surface area (Å²) in [5.41, 5.74) is -0.793. The lowest BCUT2D eigenvalue weighted by Gasteiger charge is -2.16. The number of carbonyl (C=O) groups is 1. The second kappa shape index (κ2) is 5.85. The van der Waals surface area contributed by atoms with E-state index in [1.165, 1.54) is 51.4 Å². The third-order valence-electron chi connectivity index (χ3n) is 4.31. The van der Waals surface area contributed by atoms with Crippen molar-refractivity contribution in [2.24, 2.45) is 5.92 Å². The van der Waals surface area contributed by atoms with Crippen LogP contribution in [0.2, 0.25) is 0 Å². The monoisotopic (exact) mass is 240 g/mol. The first-order valence-corrected chi connectivity index (χ1v) is 7.10. The van der Waals surface area contributed by atoms with Crippen molar-refractivity contribution in [3.8, 4) is 0 Å². The maximum absolute atomic E-state index is 11.0. The predicted molar refractivity (Wildman–Crippen MR) is 66.0 cm³/mol. The number of rotatable bonds is 4. The maximum atomic E-state index is 11.0. The largest absolute Gasteiger partial charge is 0.479 e.